The predicted molar refractivity (Wildman–Crippen MR) is 44.9 cm³/mol. The fourth-order valence-corrected chi connectivity index (χ4v) is 1.67. The van der Waals surface area contributed by atoms with Crippen molar-refractivity contribution in [1.82, 2.24) is 5.32 Å². The normalized spacial score (nSPS) is 28.1. The van der Waals surface area contributed by atoms with Gasteiger partial charge in [0.15, 0.2) is 0 Å². The average Bonchev–Trinajstić information content (AvgIpc) is 2.83. The van der Waals surface area contributed by atoms with Gasteiger partial charge in [-0.05, 0) is 38.5 Å². The van der Waals surface area contributed by atoms with Gasteiger partial charge in [-0.25, -0.2) is 0 Å². The van der Waals surface area contributed by atoms with Crippen LogP contribution in [-0.4, -0.2) is 22.7 Å². The number of carbonyl (C=O) groups is 1. The first-order valence-electron chi connectivity index (χ1n) is 4.64. The fourth-order valence-electron chi connectivity index (χ4n) is 1.67. The molecule has 3 heteroatoms. The molecule has 0 saturated heterocycles. The van der Waals surface area contributed by atoms with Gasteiger partial charge in [0.1, 0.15) is 5.54 Å². The molecule has 2 aliphatic rings. The van der Waals surface area contributed by atoms with Crippen molar-refractivity contribution in [3.05, 3.63) is 0 Å². The van der Waals surface area contributed by atoms with Crippen LogP contribution in [0.1, 0.15) is 32.6 Å². The largest absolute Gasteiger partial charge is 0.480 e. The zero-order chi connectivity index (χ0) is 8.77. The molecule has 2 aliphatic carbocycles. The van der Waals surface area contributed by atoms with E-state index in [4.69, 9.17) is 5.11 Å². The number of hydrogen-bond donors (Lipinski definition) is 2. The van der Waals surface area contributed by atoms with Gasteiger partial charge >= 0.3 is 5.97 Å². The Morgan fingerprint density at radius 3 is 2.33 bits per heavy atom. The molecule has 0 amide bonds. The fraction of sp³-hybridized carbons (Fsp3) is 0.889. The van der Waals surface area contributed by atoms with Crippen molar-refractivity contribution in [2.75, 3.05) is 0 Å². The Morgan fingerprint density at radius 1 is 1.42 bits per heavy atom. The Bertz CT molecular complexity index is 209. The molecule has 0 heterocycles. The maximum Gasteiger partial charge on any atom is 0.323 e. The van der Waals surface area contributed by atoms with E-state index in [1.54, 1.807) is 0 Å². The van der Waals surface area contributed by atoms with Crippen LogP contribution in [0, 0.1) is 5.92 Å². The number of carboxylic acid groups (broad SMARTS) is 1. The number of carboxylic acids is 1. The van der Waals surface area contributed by atoms with Crippen LogP contribution in [0.5, 0.6) is 0 Å². The maximum atomic E-state index is 11.0. The first kappa shape index (κ1) is 8.05. The topological polar surface area (TPSA) is 49.3 Å². The van der Waals surface area contributed by atoms with Gasteiger partial charge in [-0.15, -0.1) is 0 Å². The molecule has 0 radical (unpaired) electrons. The number of nitrogens with one attached hydrogen (secondary N) is 1. The molecule has 68 valence electrons. The highest BCUT2D eigenvalue weighted by Crippen LogP contribution is 2.41. The van der Waals surface area contributed by atoms with E-state index in [9.17, 15) is 4.79 Å². The molecule has 3 nitrogen and oxygen atoms in total. The molecule has 1 atom stereocenters. The summed E-state index contributed by atoms with van der Waals surface area (Å²) in [6, 6.07) is 0.478. The Kier molecular flexibility index (Phi) is 1.65. The molecule has 2 fully saturated rings. The lowest BCUT2D eigenvalue weighted by molar-refractivity contribution is -0.145. The van der Waals surface area contributed by atoms with Crippen LogP contribution >= 0.6 is 0 Å². The van der Waals surface area contributed by atoms with E-state index in [0.29, 0.717) is 12.0 Å². The monoisotopic (exact) mass is 169 g/mol. The molecular formula is C9H15NO2. The van der Waals surface area contributed by atoms with Gasteiger partial charge in [0.25, 0.3) is 0 Å². The minimum absolute atomic E-state index is 0.371. The molecule has 12 heavy (non-hydrogen) atoms. The molecule has 1 unspecified atom stereocenters. The quantitative estimate of drug-likeness (QED) is 0.660. The number of rotatable bonds is 4. The number of aliphatic carboxylic acids is 1. The second-order valence-electron chi connectivity index (χ2n) is 4.20. The van der Waals surface area contributed by atoms with Crippen LogP contribution in [0.3, 0.4) is 0 Å². The minimum atomic E-state index is -0.683. The molecule has 2 rings (SSSR count). The maximum absolute atomic E-state index is 11.0. The Labute approximate surface area is 72.2 Å². The lowest BCUT2D eigenvalue weighted by Crippen LogP contribution is -2.52. The molecular weight excluding hydrogens is 154 g/mol. The summed E-state index contributed by atoms with van der Waals surface area (Å²) >= 11 is 0. The van der Waals surface area contributed by atoms with Gasteiger partial charge < -0.3 is 5.11 Å². The van der Waals surface area contributed by atoms with Crippen LogP contribution in [0.25, 0.3) is 0 Å². The van der Waals surface area contributed by atoms with Crippen molar-refractivity contribution in [3.8, 4) is 0 Å². The van der Waals surface area contributed by atoms with Gasteiger partial charge in [0, 0.05) is 6.04 Å². The van der Waals surface area contributed by atoms with Gasteiger partial charge in [-0.1, -0.05) is 0 Å². The Morgan fingerprint density at radius 2 is 2.00 bits per heavy atom. The summed E-state index contributed by atoms with van der Waals surface area (Å²) in [6.07, 6.45) is 4.44. The molecule has 0 aromatic carbocycles. The summed E-state index contributed by atoms with van der Waals surface area (Å²) < 4.78 is 0. The lowest BCUT2D eigenvalue weighted by Gasteiger charge is -2.26. The average molecular weight is 169 g/mol. The van der Waals surface area contributed by atoms with Crippen LogP contribution < -0.4 is 5.32 Å². The van der Waals surface area contributed by atoms with Gasteiger partial charge in [0.2, 0.25) is 0 Å². The second kappa shape index (κ2) is 2.46. The third kappa shape index (κ3) is 1.33. The van der Waals surface area contributed by atoms with Crippen molar-refractivity contribution >= 4 is 5.97 Å². The third-order valence-electron chi connectivity index (χ3n) is 2.92. The lowest BCUT2D eigenvalue weighted by atomic mass is 9.96. The van der Waals surface area contributed by atoms with E-state index in [-0.39, 0.29) is 0 Å². The molecule has 0 aromatic heterocycles. The summed E-state index contributed by atoms with van der Waals surface area (Å²) in [5.74, 6) is -0.313. The highest BCUT2D eigenvalue weighted by Gasteiger charge is 2.49. The Balaban J connectivity index is 2.02. The van der Waals surface area contributed by atoms with Crippen LogP contribution in [0.15, 0.2) is 0 Å². The van der Waals surface area contributed by atoms with E-state index < -0.39 is 11.5 Å². The van der Waals surface area contributed by atoms with Gasteiger partial charge in [-0.3, -0.25) is 10.1 Å². The van der Waals surface area contributed by atoms with Crippen LogP contribution in [0.2, 0.25) is 0 Å². The highest BCUT2D eigenvalue weighted by molar-refractivity contribution is 5.79. The molecule has 0 spiro atoms. The second-order valence-corrected chi connectivity index (χ2v) is 4.20. The van der Waals surface area contributed by atoms with Crippen molar-refractivity contribution < 1.29 is 9.90 Å². The molecule has 0 bridgehead atoms. The molecule has 0 aliphatic heterocycles. The van der Waals surface area contributed by atoms with Crippen molar-refractivity contribution in [3.63, 3.8) is 0 Å². The molecule has 2 N–H and O–H groups in total. The van der Waals surface area contributed by atoms with E-state index in [1.165, 1.54) is 0 Å². The Hall–Kier alpha value is -0.570. The zero-order valence-corrected chi connectivity index (χ0v) is 7.34. The summed E-state index contributed by atoms with van der Waals surface area (Å²) in [7, 11) is 0. The summed E-state index contributed by atoms with van der Waals surface area (Å²) in [5.41, 5.74) is -0.638. The van der Waals surface area contributed by atoms with E-state index in [1.807, 2.05) is 6.92 Å². The van der Waals surface area contributed by atoms with Crippen LogP contribution in [-0.2, 0) is 4.79 Å². The summed E-state index contributed by atoms with van der Waals surface area (Å²) in [5, 5.41) is 12.3. The predicted octanol–water partition coefficient (Wildman–Crippen LogP) is 0.992. The van der Waals surface area contributed by atoms with E-state index in [0.717, 1.165) is 25.7 Å². The van der Waals surface area contributed by atoms with Crippen LogP contribution in [0.4, 0.5) is 0 Å². The SMILES string of the molecule is CC(NC1CC1)(C(=O)O)C1CC1. The van der Waals surface area contributed by atoms with Crippen molar-refractivity contribution in [1.29, 1.82) is 0 Å². The molecule has 0 aromatic rings. The first-order chi connectivity index (χ1) is 5.63. The highest BCUT2D eigenvalue weighted by atomic mass is 16.4. The zero-order valence-electron chi connectivity index (χ0n) is 7.34. The first-order valence-corrected chi connectivity index (χ1v) is 4.64. The van der Waals surface area contributed by atoms with Crippen molar-refractivity contribution in [2.24, 2.45) is 5.92 Å². The van der Waals surface area contributed by atoms with Gasteiger partial charge in [0.05, 0.1) is 0 Å². The van der Waals surface area contributed by atoms with E-state index >= 15 is 0 Å². The van der Waals surface area contributed by atoms with Gasteiger partial charge in [-0.2, -0.15) is 0 Å². The third-order valence-corrected chi connectivity index (χ3v) is 2.92. The summed E-state index contributed by atoms with van der Waals surface area (Å²) in [6.45, 7) is 1.82. The minimum Gasteiger partial charge on any atom is -0.480 e. The molecule has 2 saturated carbocycles. The smallest absolute Gasteiger partial charge is 0.323 e. The number of hydrogen-bond acceptors (Lipinski definition) is 2. The standard InChI is InChI=1S/C9H15NO2/c1-9(8(11)12,6-2-3-6)10-7-4-5-7/h6-7,10H,2-5H2,1H3,(H,11,12). The summed E-state index contributed by atoms with van der Waals surface area (Å²) in [4.78, 5) is 11.0. The van der Waals surface area contributed by atoms with E-state index in [2.05, 4.69) is 5.32 Å². The van der Waals surface area contributed by atoms with Crippen molar-refractivity contribution in [2.45, 2.75) is 44.2 Å².